The van der Waals surface area contributed by atoms with Gasteiger partial charge in [-0.3, -0.25) is 10.1 Å². The van der Waals surface area contributed by atoms with Crippen LogP contribution >= 0.6 is 28.7 Å². The Morgan fingerprint density at radius 3 is 2.48 bits per heavy atom. The molecule has 0 spiro atoms. The predicted molar refractivity (Wildman–Crippen MR) is 81.1 cm³/mol. The van der Waals surface area contributed by atoms with Crippen LogP contribution in [0.3, 0.4) is 0 Å². The molecule has 0 amide bonds. The normalized spacial score (nSPS) is 13.8. The topological polar surface area (TPSA) is 86.2 Å². The SMILES string of the molecule is Br.O=[N+]([O-])c1ccc(C2=Nn3nnc(C(F)(F)F)c3SC2)cc1. The van der Waals surface area contributed by atoms with Gasteiger partial charge in [0.2, 0.25) is 5.69 Å². The molecule has 1 aliphatic rings. The maximum Gasteiger partial charge on any atom is 0.438 e. The second-order valence-electron chi connectivity index (χ2n) is 4.27. The maximum atomic E-state index is 12.7. The monoisotopic (exact) mass is 409 g/mol. The molecule has 1 aromatic heterocycles. The third kappa shape index (κ3) is 3.37. The third-order valence-electron chi connectivity index (χ3n) is 2.85. The summed E-state index contributed by atoms with van der Waals surface area (Å²) in [7, 11) is 0. The molecule has 2 heterocycles. The van der Waals surface area contributed by atoms with Gasteiger partial charge in [-0.1, -0.05) is 11.8 Å². The van der Waals surface area contributed by atoms with Crippen molar-refractivity contribution < 1.29 is 18.1 Å². The Labute approximate surface area is 141 Å². The van der Waals surface area contributed by atoms with E-state index < -0.39 is 16.8 Å². The molecule has 0 bridgehead atoms. The van der Waals surface area contributed by atoms with E-state index in [2.05, 4.69) is 15.4 Å². The fourth-order valence-electron chi connectivity index (χ4n) is 1.83. The molecule has 0 saturated carbocycles. The molecule has 0 unspecified atom stereocenters. The fraction of sp³-hybridized carbons (Fsp3) is 0.182. The van der Waals surface area contributed by atoms with Crippen molar-refractivity contribution >= 4 is 40.1 Å². The Bertz CT molecular complexity index is 775. The van der Waals surface area contributed by atoms with Crippen molar-refractivity contribution in [2.75, 3.05) is 5.75 Å². The van der Waals surface area contributed by atoms with Crippen molar-refractivity contribution in [2.45, 2.75) is 11.2 Å². The smallest absolute Gasteiger partial charge is 0.258 e. The van der Waals surface area contributed by atoms with Crippen LogP contribution in [-0.2, 0) is 6.18 Å². The molecule has 12 heteroatoms. The molecule has 0 saturated heterocycles. The van der Waals surface area contributed by atoms with E-state index >= 15 is 0 Å². The quantitative estimate of drug-likeness (QED) is 0.561. The summed E-state index contributed by atoms with van der Waals surface area (Å²) in [5.41, 5.74) is -0.101. The Morgan fingerprint density at radius 1 is 1.26 bits per heavy atom. The van der Waals surface area contributed by atoms with Gasteiger partial charge in [-0.25, -0.2) is 0 Å². The second-order valence-corrected chi connectivity index (χ2v) is 5.23. The molecule has 7 nitrogen and oxygen atoms in total. The van der Waals surface area contributed by atoms with Gasteiger partial charge in [-0.2, -0.15) is 18.3 Å². The first kappa shape index (κ1) is 17.4. The number of nitro groups is 1. The predicted octanol–water partition coefficient (Wildman–Crippen LogP) is 3.14. The number of hydrogen-bond donors (Lipinski definition) is 0. The number of thioether (sulfide) groups is 1. The van der Waals surface area contributed by atoms with Crippen molar-refractivity contribution in [3.63, 3.8) is 0 Å². The highest BCUT2D eigenvalue weighted by atomic mass is 79.9. The first-order chi connectivity index (χ1) is 10.4. The molecule has 122 valence electrons. The summed E-state index contributed by atoms with van der Waals surface area (Å²) in [6.45, 7) is 0. The lowest BCUT2D eigenvalue weighted by atomic mass is 10.1. The van der Waals surface area contributed by atoms with Crippen molar-refractivity contribution in [1.82, 2.24) is 15.1 Å². The van der Waals surface area contributed by atoms with Crippen molar-refractivity contribution in [3.05, 3.63) is 45.6 Å². The van der Waals surface area contributed by atoms with E-state index in [9.17, 15) is 23.3 Å². The average Bonchev–Trinajstić information content (AvgIpc) is 2.90. The van der Waals surface area contributed by atoms with Crippen LogP contribution in [-0.4, -0.2) is 31.5 Å². The highest BCUT2D eigenvalue weighted by Crippen LogP contribution is 2.36. The van der Waals surface area contributed by atoms with Crippen LogP contribution in [0.1, 0.15) is 11.3 Å². The summed E-state index contributed by atoms with van der Waals surface area (Å²) >= 11 is 0.916. The van der Waals surface area contributed by atoms with Gasteiger partial charge < -0.3 is 0 Å². The van der Waals surface area contributed by atoms with Gasteiger partial charge in [0, 0.05) is 17.9 Å². The minimum absolute atomic E-state index is 0. The van der Waals surface area contributed by atoms with Gasteiger partial charge in [-0.05, 0) is 22.9 Å². The largest absolute Gasteiger partial charge is 0.438 e. The Morgan fingerprint density at radius 2 is 1.91 bits per heavy atom. The Kier molecular flexibility index (Phi) is 4.75. The van der Waals surface area contributed by atoms with Crippen LogP contribution in [0.5, 0.6) is 0 Å². The first-order valence-corrected chi connectivity index (χ1v) is 6.83. The molecular formula is C11H7BrF3N5O2S. The summed E-state index contributed by atoms with van der Waals surface area (Å²) in [5, 5.41) is 20.9. The maximum absolute atomic E-state index is 12.7. The number of non-ortho nitro benzene ring substituents is 1. The number of alkyl halides is 3. The summed E-state index contributed by atoms with van der Waals surface area (Å²) in [6, 6.07) is 5.59. The molecule has 1 aliphatic heterocycles. The van der Waals surface area contributed by atoms with E-state index in [-0.39, 0.29) is 33.4 Å². The molecule has 23 heavy (non-hydrogen) atoms. The molecule has 0 radical (unpaired) electrons. The van der Waals surface area contributed by atoms with Gasteiger partial charge in [-0.15, -0.1) is 26.9 Å². The third-order valence-corrected chi connectivity index (χ3v) is 3.90. The number of aromatic nitrogens is 3. The number of fused-ring (bicyclic) bond motifs is 1. The number of rotatable bonds is 2. The lowest BCUT2D eigenvalue weighted by Crippen LogP contribution is -2.15. The van der Waals surface area contributed by atoms with E-state index in [1.807, 2.05) is 0 Å². The lowest BCUT2D eigenvalue weighted by Gasteiger charge is -2.13. The zero-order valence-corrected chi connectivity index (χ0v) is 13.5. The summed E-state index contributed by atoms with van der Waals surface area (Å²) in [4.78, 5) is 10.9. The molecule has 0 fully saturated rings. The minimum Gasteiger partial charge on any atom is -0.258 e. The van der Waals surface area contributed by atoms with Gasteiger partial charge in [0.15, 0.2) is 5.03 Å². The van der Waals surface area contributed by atoms with E-state index in [0.29, 0.717) is 11.3 Å². The van der Waals surface area contributed by atoms with Crippen molar-refractivity contribution in [3.8, 4) is 0 Å². The Balaban J connectivity index is 0.00000192. The van der Waals surface area contributed by atoms with Gasteiger partial charge in [0.05, 0.1) is 10.6 Å². The van der Waals surface area contributed by atoms with Crippen molar-refractivity contribution in [2.24, 2.45) is 5.10 Å². The standard InChI is InChI=1S/C11H6F3N5O2S.BrH/c12-11(13,14)9-10-18(17-15-9)16-8(5-22-10)6-1-3-7(4-2-6)19(20)21;/h1-4H,5H2;1H. The average molecular weight is 410 g/mol. The van der Waals surface area contributed by atoms with Crippen LogP contribution in [0.4, 0.5) is 18.9 Å². The number of nitrogens with zero attached hydrogens (tertiary/aromatic N) is 5. The van der Waals surface area contributed by atoms with E-state index in [4.69, 9.17) is 0 Å². The van der Waals surface area contributed by atoms with Crippen LogP contribution in [0.15, 0.2) is 34.4 Å². The number of benzene rings is 1. The summed E-state index contributed by atoms with van der Waals surface area (Å²) < 4.78 is 38.1. The number of hydrogen-bond acceptors (Lipinski definition) is 6. The second kappa shape index (κ2) is 6.28. The zero-order chi connectivity index (χ0) is 15.9. The highest BCUT2D eigenvalue weighted by Gasteiger charge is 2.40. The van der Waals surface area contributed by atoms with Gasteiger partial charge in [0.1, 0.15) is 0 Å². The first-order valence-electron chi connectivity index (χ1n) is 5.84. The summed E-state index contributed by atoms with van der Waals surface area (Å²) in [5.74, 6) is 0.189. The number of nitro benzene ring substituents is 1. The molecular weight excluding hydrogens is 403 g/mol. The fourth-order valence-corrected chi connectivity index (χ4v) is 2.82. The molecule has 0 aliphatic carbocycles. The van der Waals surface area contributed by atoms with Crippen LogP contribution in [0.25, 0.3) is 0 Å². The van der Waals surface area contributed by atoms with E-state index in [1.165, 1.54) is 24.3 Å². The molecule has 0 N–H and O–H groups in total. The lowest BCUT2D eigenvalue weighted by molar-refractivity contribution is -0.384. The number of halogens is 4. The van der Waals surface area contributed by atoms with Crippen LogP contribution in [0, 0.1) is 10.1 Å². The van der Waals surface area contributed by atoms with Gasteiger partial charge in [0.25, 0.3) is 5.69 Å². The summed E-state index contributed by atoms with van der Waals surface area (Å²) in [6.07, 6.45) is -4.58. The molecule has 0 atom stereocenters. The van der Waals surface area contributed by atoms with Gasteiger partial charge >= 0.3 is 6.18 Å². The van der Waals surface area contributed by atoms with E-state index in [1.54, 1.807) is 0 Å². The highest BCUT2D eigenvalue weighted by molar-refractivity contribution is 8.93. The zero-order valence-electron chi connectivity index (χ0n) is 11.0. The van der Waals surface area contributed by atoms with E-state index in [0.717, 1.165) is 16.6 Å². The molecule has 2 aromatic rings. The van der Waals surface area contributed by atoms with Crippen LogP contribution < -0.4 is 0 Å². The molecule has 3 rings (SSSR count). The van der Waals surface area contributed by atoms with Crippen molar-refractivity contribution in [1.29, 1.82) is 0 Å². The van der Waals surface area contributed by atoms with Crippen LogP contribution in [0.2, 0.25) is 0 Å². The Hall–Kier alpha value is -1.95. The molecule has 1 aromatic carbocycles. The minimum atomic E-state index is -4.58.